The van der Waals surface area contributed by atoms with Gasteiger partial charge >= 0.3 is 5.97 Å². The van der Waals surface area contributed by atoms with Gasteiger partial charge in [0.2, 0.25) is 0 Å². The van der Waals surface area contributed by atoms with Crippen molar-refractivity contribution in [1.29, 1.82) is 5.26 Å². The molecule has 1 aliphatic rings. The zero-order valence-corrected chi connectivity index (χ0v) is 17.5. The van der Waals surface area contributed by atoms with Crippen molar-refractivity contribution in [3.63, 3.8) is 0 Å². The molecule has 31 heavy (non-hydrogen) atoms. The van der Waals surface area contributed by atoms with Crippen LogP contribution in [0.25, 0.3) is 16.9 Å². The Morgan fingerprint density at radius 3 is 2.35 bits per heavy atom. The number of nitrogens with zero attached hydrogens (tertiary/aromatic N) is 2. The number of nitriles is 1. The predicted molar refractivity (Wildman–Crippen MR) is 119 cm³/mol. The fraction of sp³-hybridized carbons (Fsp3) is 0.0833. The van der Waals surface area contributed by atoms with Gasteiger partial charge in [-0.25, -0.2) is 9.79 Å². The summed E-state index contributed by atoms with van der Waals surface area (Å²) < 4.78 is 4.97. The smallest absolute Gasteiger partial charge is 0.341 e. The molecule has 0 fully saturated rings. The number of rotatable bonds is 4. The average molecular weight is 428 g/mol. The van der Waals surface area contributed by atoms with E-state index in [2.05, 4.69) is 4.99 Å². The summed E-state index contributed by atoms with van der Waals surface area (Å²) in [7, 11) is 1.27. The molecule has 0 radical (unpaired) electrons. The molecule has 1 aromatic heterocycles. The standard InChI is InChI=1S/C24H16N2O4S/c1-13-18(14-8-4-3-5-9-14)20(24(29)30-2)23(31-13)26-17(12-25)19-21(27)15-10-6-7-11-16(15)22(19)28/h3-11,27H,1-2H3. The molecule has 1 N–H and O–H groups in total. The second-order valence-electron chi connectivity index (χ2n) is 6.74. The fourth-order valence-electron chi connectivity index (χ4n) is 3.58. The van der Waals surface area contributed by atoms with Gasteiger partial charge in [0.05, 0.1) is 7.11 Å². The molecule has 0 amide bonds. The second kappa shape index (κ2) is 8.01. The van der Waals surface area contributed by atoms with Gasteiger partial charge in [0.1, 0.15) is 28.0 Å². The Morgan fingerprint density at radius 1 is 1.10 bits per heavy atom. The first-order valence-electron chi connectivity index (χ1n) is 9.31. The van der Waals surface area contributed by atoms with Gasteiger partial charge < -0.3 is 9.84 Å². The van der Waals surface area contributed by atoms with Crippen LogP contribution in [0.2, 0.25) is 0 Å². The molecule has 152 valence electrons. The van der Waals surface area contributed by atoms with Crippen LogP contribution in [0.3, 0.4) is 0 Å². The first kappa shape index (κ1) is 20.3. The first-order valence-corrected chi connectivity index (χ1v) is 10.1. The van der Waals surface area contributed by atoms with Crippen molar-refractivity contribution in [2.75, 3.05) is 7.11 Å². The maximum absolute atomic E-state index is 12.8. The second-order valence-corrected chi connectivity index (χ2v) is 7.94. The fourth-order valence-corrected chi connectivity index (χ4v) is 4.61. The highest BCUT2D eigenvalue weighted by Gasteiger charge is 2.33. The number of aliphatic imine (C=N–C) groups is 1. The van der Waals surface area contributed by atoms with Crippen LogP contribution in [0.5, 0.6) is 0 Å². The van der Waals surface area contributed by atoms with E-state index in [0.717, 1.165) is 10.4 Å². The highest BCUT2D eigenvalue weighted by molar-refractivity contribution is 7.16. The number of carbonyl (C=O) groups is 2. The van der Waals surface area contributed by atoms with Crippen LogP contribution in [0.4, 0.5) is 5.00 Å². The van der Waals surface area contributed by atoms with E-state index >= 15 is 0 Å². The topological polar surface area (TPSA) is 99.8 Å². The van der Waals surface area contributed by atoms with Crippen molar-refractivity contribution in [2.45, 2.75) is 6.92 Å². The number of allylic oxidation sites excluding steroid dienone is 1. The third-order valence-corrected chi connectivity index (χ3v) is 5.96. The van der Waals surface area contributed by atoms with Crippen LogP contribution in [0.15, 0.2) is 65.2 Å². The quantitative estimate of drug-likeness (QED) is 0.451. The van der Waals surface area contributed by atoms with Crippen LogP contribution < -0.4 is 0 Å². The Balaban J connectivity index is 1.91. The Bertz CT molecular complexity index is 1330. The summed E-state index contributed by atoms with van der Waals surface area (Å²) in [6, 6.07) is 17.8. The molecule has 0 bridgehead atoms. The molecule has 4 rings (SSSR count). The number of hydrogen-bond acceptors (Lipinski definition) is 7. The minimum Gasteiger partial charge on any atom is -0.506 e. The van der Waals surface area contributed by atoms with Gasteiger partial charge in [-0.2, -0.15) is 5.26 Å². The number of benzene rings is 2. The molecule has 0 aliphatic heterocycles. The molecule has 0 unspecified atom stereocenters. The van der Waals surface area contributed by atoms with Gasteiger partial charge in [-0.1, -0.05) is 54.6 Å². The number of thiophene rings is 1. The summed E-state index contributed by atoms with van der Waals surface area (Å²) in [6.07, 6.45) is 0. The molecule has 1 heterocycles. The van der Waals surface area contributed by atoms with Gasteiger partial charge in [0, 0.05) is 21.6 Å². The van der Waals surface area contributed by atoms with E-state index in [9.17, 15) is 20.0 Å². The summed E-state index contributed by atoms with van der Waals surface area (Å²) in [5.41, 5.74) is 1.91. The van der Waals surface area contributed by atoms with Crippen molar-refractivity contribution >= 4 is 39.6 Å². The maximum Gasteiger partial charge on any atom is 0.341 e. The summed E-state index contributed by atoms with van der Waals surface area (Å²) >= 11 is 1.21. The Labute approximate surface area is 182 Å². The Morgan fingerprint density at radius 2 is 1.74 bits per heavy atom. The summed E-state index contributed by atoms with van der Waals surface area (Å²) in [4.78, 5) is 30.6. The SMILES string of the molecule is COC(=O)c1c(N=C(C#N)C2=C(O)c3ccccc3C2=O)sc(C)c1-c1ccccc1. The van der Waals surface area contributed by atoms with Crippen LogP contribution in [0, 0.1) is 18.3 Å². The van der Waals surface area contributed by atoms with Crippen LogP contribution in [-0.4, -0.2) is 29.7 Å². The zero-order chi connectivity index (χ0) is 22.1. The highest BCUT2D eigenvalue weighted by Crippen LogP contribution is 2.43. The van der Waals surface area contributed by atoms with Crippen molar-refractivity contribution < 1.29 is 19.4 Å². The molecular formula is C24H16N2O4S. The van der Waals surface area contributed by atoms with Crippen molar-refractivity contribution in [3.8, 4) is 17.2 Å². The number of Topliss-reactive ketones (excluding diaryl/α,β-unsaturated/α-hetero) is 1. The Hall–Kier alpha value is -4.02. The number of aliphatic hydroxyl groups is 1. The lowest BCUT2D eigenvalue weighted by molar-refractivity contribution is 0.0603. The van der Waals surface area contributed by atoms with Gasteiger partial charge in [-0.15, -0.1) is 11.3 Å². The highest BCUT2D eigenvalue weighted by atomic mass is 32.1. The molecular weight excluding hydrogens is 412 g/mol. The van der Waals surface area contributed by atoms with E-state index in [1.54, 1.807) is 24.3 Å². The largest absolute Gasteiger partial charge is 0.506 e. The molecule has 3 aromatic rings. The number of aliphatic hydroxyl groups excluding tert-OH is 1. The zero-order valence-electron chi connectivity index (χ0n) is 16.7. The minimum atomic E-state index is -0.599. The maximum atomic E-state index is 12.8. The molecule has 0 spiro atoms. The van der Waals surface area contributed by atoms with Crippen molar-refractivity contribution in [2.24, 2.45) is 4.99 Å². The van der Waals surface area contributed by atoms with E-state index < -0.39 is 11.8 Å². The van der Waals surface area contributed by atoms with Gasteiger partial charge in [0.15, 0.2) is 11.5 Å². The Kier molecular flexibility index (Phi) is 5.24. The van der Waals surface area contributed by atoms with Crippen LogP contribution in [0.1, 0.15) is 31.2 Å². The molecule has 7 heteroatoms. The number of carbonyl (C=O) groups excluding carboxylic acids is 2. The van der Waals surface area contributed by atoms with E-state index in [0.29, 0.717) is 16.7 Å². The molecule has 0 atom stereocenters. The van der Waals surface area contributed by atoms with Crippen molar-refractivity contribution in [3.05, 3.63) is 81.7 Å². The number of methoxy groups -OCH3 is 1. The van der Waals surface area contributed by atoms with Crippen LogP contribution >= 0.6 is 11.3 Å². The normalized spacial score (nSPS) is 13.2. The van der Waals surface area contributed by atoms with Crippen molar-refractivity contribution in [1.82, 2.24) is 0 Å². The van der Waals surface area contributed by atoms with Crippen LogP contribution in [-0.2, 0) is 4.74 Å². The lowest BCUT2D eigenvalue weighted by atomic mass is 10.0. The summed E-state index contributed by atoms with van der Waals surface area (Å²) in [5, 5.41) is 20.6. The predicted octanol–water partition coefficient (Wildman–Crippen LogP) is 5.27. The van der Waals surface area contributed by atoms with E-state index in [1.807, 2.05) is 43.3 Å². The van der Waals surface area contributed by atoms with E-state index in [4.69, 9.17) is 4.74 Å². The molecule has 0 saturated heterocycles. The third-order valence-electron chi connectivity index (χ3n) is 4.96. The number of hydrogen-bond donors (Lipinski definition) is 1. The van der Waals surface area contributed by atoms with Gasteiger partial charge in [-0.05, 0) is 12.5 Å². The van der Waals surface area contributed by atoms with E-state index in [-0.39, 0.29) is 27.6 Å². The van der Waals surface area contributed by atoms with E-state index in [1.165, 1.54) is 18.4 Å². The monoisotopic (exact) mass is 428 g/mol. The number of fused-ring (bicyclic) bond motifs is 1. The molecule has 1 aliphatic carbocycles. The molecule has 2 aromatic carbocycles. The van der Waals surface area contributed by atoms with Gasteiger partial charge in [-0.3, -0.25) is 4.79 Å². The molecule has 0 saturated carbocycles. The first-order chi connectivity index (χ1) is 15.0. The molecule has 6 nitrogen and oxygen atoms in total. The lowest BCUT2D eigenvalue weighted by Gasteiger charge is -2.06. The third kappa shape index (κ3) is 3.33. The van der Waals surface area contributed by atoms with Gasteiger partial charge in [0.25, 0.3) is 0 Å². The minimum absolute atomic E-state index is 0.174. The summed E-state index contributed by atoms with van der Waals surface area (Å²) in [5.74, 6) is -1.37. The summed E-state index contributed by atoms with van der Waals surface area (Å²) in [6.45, 7) is 1.85. The lowest BCUT2D eigenvalue weighted by Crippen LogP contribution is -2.09. The average Bonchev–Trinajstić information content (AvgIpc) is 3.25. The number of ketones is 1. The number of ether oxygens (including phenoxy) is 1. The number of aryl methyl sites for hydroxylation is 1. The number of esters is 1.